The van der Waals surface area contributed by atoms with Crippen molar-refractivity contribution in [2.75, 3.05) is 51.5 Å². The van der Waals surface area contributed by atoms with Crippen molar-refractivity contribution in [1.82, 2.24) is 24.6 Å². The molecular formula is C26H32N6O4. The molecule has 0 amide bonds. The molecule has 10 heteroatoms. The highest BCUT2D eigenvalue weighted by molar-refractivity contribution is 5.82. The normalized spacial score (nSPS) is 28.7. The molecule has 1 aromatic carbocycles. The largest absolute Gasteiger partial charge is 0.467 e. The molecule has 0 saturated carbocycles. The van der Waals surface area contributed by atoms with E-state index in [0.29, 0.717) is 30.5 Å². The van der Waals surface area contributed by atoms with E-state index in [1.807, 2.05) is 16.9 Å². The summed E-state index contributed by atoms with van der Waals surface area (Å²) in [5.74, 6) is 1.60. The van der Waals surface area contributed by atoms with Crippen molar-refractivity contribution >= 4 is 16.7 Å². The zero-order valence-electron chi connectivity index (χ0n) is 20.7. The fourth-order valence-electron chi connectivity index (χ4n) is 6.30. The number of benzene rings is 1. The number of anilines is 1. The molecule has 1 N–H and O–H groups in total. The molecule has 4 aliphatic rings. The first kappa shape index (κ1) is 22.4. The van der Waals surface area contributed by atoms with Gasteiger partial charge in [-0.15, -0.1) is 0 Å². The Kier molecular flexibility index (Phi) is 5.39. The van der Waals surface area contributed by atoms with E-state index in [-0.39, 0.29) is 12.0 Å². The quantitative estimate of drug-likeness (QED) is 0.570. The Hall–Kier alpha value is -2.79. The molecule has 2 bridgehead atoms. The van der Waals surface area contributed by atoms with Crippen LogP contribution in [0.15, 0.2) is 24.4 Å². The molecule has 7 rings (SSSR count). The number of hydrogen-bond donors (Lipinski definition) is 1. The van der Waals surface area contributed by atoms with Crippen LogP contribution in [0, 0.1) is 6.92 Å². The molecule has 0 radical (unpaired) electrons. The number of piperidine rings is 1. The minimum atomic E-state index is -0.412. The van der Waals surface area contributed by atoms with Crippen molar-refractivity contribution in [3.05, 3.63) is 35.5 Å². The molecule has 4 saturated heterocycles. The molecule has 0 spiro atoms. The van der Waals surface area contributed by atoms with Crippen LogP contribution in [0.3, 0.4) is 0 Å². The van der Waals surface area contributed by atoms with Crippen molar-refractivity contribution in [2.45, 2.75) is 50.0 Å². The van der Waals surface area contributed by atoms with Gasteiger partial charge in [0, 0.05) is 30.5 Å². The van der Waals surface area contributed by atoms with Crippen LogP contribution in [0.4, 0.5) is 5.82 Å². The highest BCUT2D eigenvalue weighted by atomic mass is 16.5. The van der Waals surface area contributed by atoms with E-state index < -0.39 is 6.10 Å². The van der Waals surface area contributed by atoms with Crippen molar-refractivity contribution in [2.24, 2.45) is 0 Å². The van der Waals surface area contributed by atoms with Gasteiger partial charge in [0.2, 0.25) is 0 Å². The van der Waals surface area contributed by atoms with Crippen LogP contribution in [0.25, 0.3) is 16.7 Å². The summed E-state index contributed by atoms with van der Waals surface area (Å²) in [5, 5.41) is 16.9. The Morgan fingerprint density at radius 2 is 1.92 bits per heavy atom. The smallest absolute Gasteiger partial charge is 0.320 e. The average molecular weight is 493 g/mol. The molecule has 4 aliphatic heterocycles. The van der Waals surface area contributed by atoms with Crippen molar-refractivity contribution in [1.29, 1.82) is 0 Å². The molecule has 190 valence electrons. The van der Waals surface area contributed by atoms with Crippen molar-refractivity contribution < 1.29 is 19.3 Å². The van der Waals surface area contributed by atoms with E-state index in [4.69, 9.17) is 19.3 Å². The summed E-state index contributed by atoms with van der Waals surface area (Å²) in [6.07, 6.45) is 3.69. The Bertz CT molecular complexity index is 1290. The van der Waals surface area contributed by atoms with Gasteiger partial charge in [-0.05, 0) is 49.6 Å². The van der Waals surface area contributed by atoms with Crippen LogP contribution in [-0.2, 0) is 9.47 Å². The molecule has 0 aliphatic carbocycles. The number of aromatic nitrogens is 4. The zero-order chi connectivity index (χ0) is 24.4. The van der Waals surface area contributed by atoms with Gasteiger partial charge in [0.05, 0.1) is 62.9 Å². The Morgan fingerprint density at radius 3 is 2.61 bits per heavy atom. The number of likely N-dealkylation sites (tertiary alicyclic amines) is 1. The fourth-order valence-corrected chi connectivity index (χ4v) is 6.30. The third kappa shape index (κ3) is 3.66. The van der Waals surface area contributed by atoms with Gasteiger partial charge >= 0.3 is 6.01 Å². The number of ether oxygens (including phenoxy) is 3. The van der Waals surface area contributed by atoms with E-state index in [9.17, 15) is 5.11 Å². The Labute approximate surface area is 209 Å². The van der Waals surface area contributed by atoms with Gasteiger partial charge in [-0.3, -0.25) is 4.90 Å². The number of rotatable bonds is 5. The molecule has 10 nitrogen and oxygen atoms in total. The van der Waals surface area contributed by atoms with Gasteiger partial charge in [-0.25, -0.2) is 4.68 Å². The highest BCUT2D eigenvalue weighted by Crippen LogP contribution is 2.36. The number of aryl methyl sites for hydroxylation is 1. The van der Waals surface area contributed by atoms with Crippen LogP contribution in [0.1, 0.15) is 29.9 Å². The topological polar surface area (TPSA) is 98.0 Å². The first-order valence-corrected chi connectivity index (χ1v) is 12.9. The van der Waals surface area contributed by atoms with Gasteiger partial charge < -0.3 is 24.2 Å². The Morgan fingerprint density at radius 1 is 1.06 bits per heavy atom. The molecule has 36 heavy (non-hydrogen) atoms. The second-order valence-electron chi connectivity index (χ2n) is 10.5. The standard InChI is InChI=1S/C26H32N6O4/c1-15-5-16-9-27-32(22(16)7-21(15)20-3-4-30(11-23(20)33)18-12-35-13-18)25-8-24(28-26(29-25)34-2)31-10-19-6-17(31)14-36-19/h5,7-9,17-20,23,33H,3-4,6,10-14H2,1-2H3/t17-,19-,20?,23?/m1/s1. The number of morpholine rings is 1. The summed E-state index contributed by atoms with van der Waals surface area (Å²) in [4.78, 5) is 13.9. The van der Waals surface area contributed by atoms with E-state index >= 15 is 0 Å². The summed E-state index contributed by atoms with van der Waals surface area (Å²) in [5.41, 5.74) is 3.33. The molecule has 2 aromatic heterocycles. The summed E-state index contributed by atoms with van der Waals surface area (Å²) in [6.45, 7) is 6.90. The molecule has 2 unspecified atom stereocenters. The van der Waals surface area contributed by atoms with Crippen molar-refractivity contribution in [3.8, 4) is 11.8 Å². The van der Waals surface area contributed by atoms with Crippen LogP contribution in [0.5, 0.6) is 6.01 Å². The fraction of sp³-hybridized carbons (Fsp3) is 0.577. The monoisotopic (exact) mass is 492 g/mol. The summed E-state index contributed by atoms with van der Waals surface area (Å²) < 4.78 is 18.5. The van der Waals surface area contributed by atoms with Gasteiger partial charge in [-0.2, -0.15) is 15.1 Å². The molecule has 3 aromatic rings. The third-order valence-corrected chi connectivity index (χ3v) is 8.38. The molecule has 4 fully saturated rings. The second kappa shape index (κ2) is 8.65. The lowest BCUT2D eigenvalue weighted by Gasteiger charge is -2.43. The number of methoxy groups -OCH3 is 1. The maximum atomic E-state index is 11.1. The lowest BCUT2D eigenvalue weighted by atomic mass is 9.83. The minimum Gasteiger partial charge on any atom is -0.467 e. The number of aliphatic hydroxyl groups is 1. The van der Waals surface area contributed by atoms with Crippen LogP contribution >= 0.6 is 0 Å². The minimum absolute atomic E-state index is 0.0886. The lowest BCUT2D eigenvalue weighted by molar-refractivity contribution is -0.0888. The van der Waals surface area contributed by atoms with Gasteiger partial charge in [0.1, 0.15) is 5.82 Å². The number of β-amino-alcohol motifs (C(OH)–C–C–N with tert-alkyl or cyclic N) is 1. The maximum Gasteiger partial charge on any atom is 0.320 e. The Balaban J connectivity index is 1.24. The van der Waals surface area contributed by atoms with E-state index in [2.05, 4.69) is 38.8 Å². The number of aliphatic hydroxyl groups excluding tert-OH is 1. The summed E-state index contributed by atoms with van der Waals surface area (Å²) in [6, 6.07) is 7.46. The molecular weight excluding hydrogens is 460 g/mol. The first-order chi connectivity index (χ1) is 17.6. The predicted octanol–water partition coefficient (Wildman–Crippen LogP) is 1.66. The molecule has 4 atom stereocenters. The van der Waals surface area contributed by atoms with Crippen LogP contribution in [0.2, 0.25) is 0 Å². The maximum absolute atomic E-state index is 11.1. The summed E-state index contributed by atoms with van der Waals surface area (Å²) >= 11 is 0. The second-order valence-corrected chi connectivity index (χ2v) is 10.5. The van der Waals surface area contributed by atoms with E-state index in [1.165, 1.54) is 11.1 Å². The number of fused-ring (bicyclic) bond motifs is 3. The van der Waals surface area contributed by atoms with Gasteiger partial charge in [0.25, 0.3) is 0 Å². The van der Waals surface area contributed by atoms with Crippen LogP contribution in [-0.4, -0.2) is 101 Å². The number of nitrogens with zero attached hydrogens (tertiary/aromatic N) is 6. The number of hydrogen-bond acceptors (Lipinski definition) is 9. The lowest BCUT2D eigenvalue weighted by Crippen LogP contribution is -2.55. The summed E-state index contributed by atoms with van der Waals surface area (Å²) in [7, 11) is 1.59. The average Bonchev–Trinajstić information content (AvgIpc) is 3.58. The predicted molar refractivity (Wildman–Crippen MR) is 133 cm³/mol. The zero-order valence-corrected chi connectivity index (χ0v) is 20.7. The van der Waals surface area contributed by atoms with Gasteiger partial charge in [-0.1, -0.05) is 0 Å². The van der Waals surface area contributed by atoms with E-state index in [1.54, 1.807) is 7.11 Å². The molecule has 6 heterocycles. The van der Waals surface area contributed by atoms with E-state index in [0.717, 1.165) is 62.5 Å². The van der Waals surface area contributed by atoms with Crippen molar-refractivity contribution in [3.63, 3.8) is 0 Å². The van der Waals surface area contributed by atoms with Crippen LogP contribution < -0.4 is 9.64 Å². The highest BCUT2D eigenvalue weighted by Gasteiger charge is 2.40. The first-order valence-electron chi connectivity index (χ1n) is 12.9. The third-order valence-electron chi connectivity index (χ3n) is 8.38. The SMILES string of the molecule is COc1nc(N2C[C@H]3C[C@@H]2CO3)cc(-n2ncc3cc(C)c(C4CCN(C5COC5)CC4O)cc32)n1. The van der Waals surface area contributed by atoms with Gasteiger partial charge in [0.15, 0.2) is 5.82 Å².